The molecule has 13 rings (SSSR count). The molecule has 0 spiro atoms. The molecule has 0 N–H and O–H groups in total. The van der Waals surface area contributed by atoms with E-state index in [-0.39, 0.29) is 0 Å². The minimum Gasteiger partial charge on any atom is -0.456 e. The van der Waals surface area contributed by atoms with Crippen LogP contribution >= 0.6 is 0 Å². The van der Waals surface area contributed by atoms with E-state index >= 15 is 0 Å². The first-order valence-electron chi connectivity index (χ1n) is 19.8. The van der Waals surface area contributed by atoms with Crippen molar-refractivity contribution in [1.29, 1.82) is 0 Å². The zero-order valence-corrected chi connectivity index (χ0v) is 31.2. The summed E-state index contributed by atoms with van der Waals surface area (Å²) in [7, 11) is 0. The highest BCUT2D eigenvalue weighted by Crippen LogP contribution is 2.45. The van der Waals surface area contributed by atoms with E-state index in [0.29, 0.717) is 0 Å². The zero-order valence-electron chi connectivity index (χ0n) is 31.2. The Morgan fingerprint density at radius 2 is 1.00 bits per heavy atom. The zero-order chi connectivity index (χ0) is 37.9. The standard InChI is InChI=1S/C54H32N2O2/c1-3-13-33(14-4-1)34-25-28-46-43(31-34)38-27-29-47-52(41-17-7-9-22-45(41)55(47)35-15-5-2-6-16-35)53(38)56(46)36-26-30-49-44(32-36)40-21-11-20-39(54(40)58-49)37-19-12-24-50-51(37)42-18-8-10-23-48(42)57-50/h1-32H. The van der Waals surface area contributed by atoms with Crippen LogP contribution in [-0.2, 0) is 0 Å². The van der Waals surface area contributed by atoms with Gasteiger partial charge in [0.15, 0.2) is 0 Å². The molecule has 0 fully saturated rings. The number of para-hydroxylation sites is 4. The Labute approximate surface area is 332 Å². The van der Waals surface area contributed by atoms with Gasteiger partial charge >= 0.3 is 0 Å². The fourth-order valence-electron chi connectivity index (χ4n) is 9.63. The first-order valence-corrected chi connectivity index (χ1v) is 19.8. The molecule has 4 nitrogen and oxygen atoms in total. The molecule has 0 bridgehead atoms. The van der Waals surface area contributed by atoms with E-state index in [2.05, 4.69) is 185 Å². The van der Waals surface area contributed by atoms with Gasteiger partial charge in [0.05, 0.1) is 22.1 Å². The summed E-state index contributed by atoms with van der Waals surface area (Å²) in [5.41, 5.74) is 15.0. The second-order valence-electron chi connectivity index (χ2n) is 15.2. The molecule has 9 aromatic carbocycles. The summed E-state index contributed by atoms with van der Waals surface area (Å²) >= 11 is 0. The second-order valence-corrected chi connectivity index (χ2v) is 15.2. The fraction of sp³-hybridized carbons (Fsp3) is 0. The van der Waals surface area contributed by atoms with Crippen LogP contribution in [0.2, 0.25) is 0 Å². The molecular formula is C54H32N2O2. The van der Waals surface area contributed by atoms with Gasteiger partial charge in [-0.15, -0.1) is 0 Å². The van der Waals surface area contributed by atoms with Crippen LogP contribution in [0, 0.1) is 0 Å². The van der Waals surface area contributed by atoms with Crippen LogP contribution in [0.15, 0.2) is 203 Å². The predicted octanol–water partition coefficient (Wildman–Crippen LogP) is 15.0. The van der Waals surface area contributed by atoms with E-state index < -0.39 is 0 Å². The molecule has 0 aliphatic rings. The average molecular weight is 741 g/mol. The third kappa shape index (κ3) is 4.34. The van der Waals surface area contributed by atoms with Gasteiger partial charge < -0.3 is 18.0 Å². The first kappa shape index (κ1) is 31.4. The molecule has 4 heterocycles. The second kappa shape index (κ2) is 11.8. The highest BCUT2D eigenvalue weighted by Gasteiger charge is 2.23. The lowest BCUT2D eigenvalue weighted by atomic mass is 9.97. The maximum Gasteiger partial charge on any atom is 0.143 e. The van der Waals surface area contributed by atoms with Gasteiger partial charge in [0.2, 0.25) is 0 Å². The lowest BCUT2D eigenvalue weighted by molar-refractivity contribution is 0.668. The fourth-order valence-corrected chi connectivity index (χ4v) is 9.63. The van der Waals surface area contributed by atoms with Crippen molar-refractivity contribution in [2.45, 2.75) is 0 Å². The van der Waals surface area contributed by atoms with Crippen LogP contribution in [0.3, 0.4) is 0 Å². The van der Waals surface area contributed by atoms with Gasteiger partial charge in [0, 0.05) is 60.0 Å². The number of fused-ring (bicyclic) bond motifs is 13. The summed E-state index contributed by atoms with van der Waals surface area (Å²) in [5, 5.41) is 9.25. The highest BCUT2D eigenvalue weighted by atomic mass is 16.3. The van der Waals surface area contributed by atoms with E-state index in [1.54, 1.807) is 0 Å². The van der Waals surface area contributed by atoms with Crippen LogP contribution in [-0.4, -0.2) is 9.13 Å². The number of hydrogen-bond acceptors (Lipinski definition) is 2. The SMILES string of the molecule is c1ccc(-c2ccc3c(c2)c2ccc4c(c5ccccc5n4-c4ccccc4)c2n3-c2ccc3oc4c(-c5cccc6oc7ccccc7c56)cccc4c3c2)cc1. The van der Waals surface area contributed by atoms with Crippen LogP contribution in [0.4, 0.5) is 0 Å². The largest absolute Gasteiger partial charge is 0.456 e. The highest BCUT2D eigenvalue weighted by molar-refractivity contribution is 6.27. The van der Waals surface area contributed by atoms with Crippen LogP contribution < -0.4 is 0 Å². The number of aromatic nitrogens is 2. The third-order valence-corrected chi connectivity index (χ3v) is 12.1. The van der Waals surface area contributed by atoms with Gasteiger partial charge in [-0.2, -0.15) is 0 Å². The summed E-state index contributed by atoms with van der Waals surface area (Å²) in [4.78, 5) is 0. The van der Waals surface area contributed by atoms with Gasteiger partial charge in [0.1, 0.15) is 22.3 Å². The first-order chi connectivity index (χ1) is 28.8. The molecule has 4 aromatic heterocycles. The maximum atomic E-state index is 6.82. The molecule has 58 heavy (non-hydrogen) atoms. The molecular weight excluding hydrogens is 709 g/mol. The normalized spacial score (nSPS) is 12.1. The predicted molar refractivity (Wildman–Crippen MR) is 241 cm³/mol. The van der Waals surface area contributed by atoms with Gasteiger partial charge in [-0.3, -0.25) is 0 Å². The smallest absolute Gasteiger partial charge is 0.143 e. The summed E-state index contributed by atoms with van der Waals surface area (Å²) in [6.45, 7) is 0. The van der Waals surface area contributed by atoms with Crippen LogP contribution in [0.25, 0.3) is 121 Å². The molecule has 0 aliphatic carbocycles. The lowest BCUT2D eigenvalue weighted by Gasteiger charge is -2.10. The Hall–Kier alpha value is -7.82. The van der Waals surface area contributed by atoms with E-state index in [9.17, 15) is 0 Å². The number of benzene rings is 9. The van der Waals surface area contributed by atoms with E-state index in [1.807, 2.05) is 18.2 Å². The van der Waals surface area contributed by atoms with Crippen molar-refractivity contribution < 1.29 is 8.83 Å². The molecule has 0 atom stereocenters. The van der Waals surface area contributed by atoms with Crippen molar-refractivity contribution in [1.82, 2.24) is 9.13 Å². The summed E-state index contributed by atoms with van der Waals surface area (Å²) in [5.74, 6) is 0. The average Bonchev–Trinajstić information content (AvgIpc) is 4.04. The van der Waals surface area contributed by atoms with Crippen molar-refractivity contribution in [2.75, 3.05) is 0 Å². The number of furan rings is 2. The Kier molecular flexibility index (Phi) is 6.41. The summed E-state index contributed by atoms with van der Waals surface area (Å²) in [6.07, 6.45) is 0. The molecule has 0 saturated carbocycles. The lowest BCUT2D eigenvalue weighted by Crippen LogP contribution is -1.95. The van der Waals surface area contributed by atoms with Gasteiger partial charge in [0.25, 0.3) is 0 Å². The van der Waals surface area contributed by atoms with Gasteiger partial charge in [-0.1, -0.05) is 127 Å². The minimum absolute atomic E-state index is 0.855. The Bertz CT molecular complexity index is 3790. The molecule has 4 heteroatoms. The molecule has 0 unspecified atom stereocenters. The number of nitrogens with zero attached hydrogens (tertiary/aromatic N) is 2. The quantitative estimate of drug-likeness (QED) is 0.180. The number of hydrogen-bond donors (Lipinski definition) is 0. The van der Waals surface area contributed by atoms with Gasteiger partial charge in [-0.25, -0.2) is 0 Å². The van der Waals surface area contributed by atoms with Crippen molar-refractivity contribution in [3.8, 4) is 33.6 Å². The van der Waals surface area contributed by atoms with E-state index in [4.69, 9.17) is 8.83 Å². The van der Waals surface area contributed by atoms with Gasteiger partial charge in [-0.05, 0) is 83.4 Å². The van der Waals surface area contributed by atoms with Crippen molar-refractivity contribution in [3.05, 3.63) is 194 Å². The van der Waals surface area contributed by atoms with Crippen LogP contribution in [0.1, 0.15) is 0 Å². The molecule has 0 aliphatic heterocycles. The topological polar surface area (TPSA) is 36.1 Å². The van der Waals surface area contributed by atoms with Crippen molar-refractivity contribution >= 4 is 87.5 Å². The van der Waals surface area contributed by atoms with Crippen molar-refractivity contribution in [3.63, 3.8) is 0 Å². The number of rotatable bonds is 4. The molecule has 270 valence electrons. The molecule has 0 radical (unpaired) electrons. The van der Waals surface area contributed by atoms with Crippen molar-refractivity contribution in [2.24, 2.45) is 0 Å². The molecule has 0 saturated heterocycles. The Balaban J connectivity index is 1.11. The maximum absolute atomic E-state index is 6.82. The Morgan fingerprint density at radius 1 is 0.310 bits per heavy atom. The minimum atomic E-state index is 0.855. The monoisotopic (exact) mass is 740 g/mol. The van der Waals surface area contributed by atoms with E-state index in [0.717, 1.165) is 71.9 Å². The van der Waals surface area contributed by atoms with Crippen LogP contribution in [0.5, 0.6) is 0 Å². The Morgan fingerprint density at radius 3 is 1.90 bits per heavy atom. The summed E-state index contributed by atoms with van der Waals surface area (Å²) < 4.78 is 18.0. The summed E-state index contributed by atoms with van der Waals surface area (Å²) in [6, 6.07) is 69.5. The third-order valence-electron chi connectivity index (χ3n) is 12.1. The van der Waals surface area contributed by atoms with E-state index in [1.165, 1.54) is 49.2 Å². The molecule has 0 amide bonds. The molecule has 13 aromatic rings.